The molecule has 0 radical (unpaired) electrons. The Morgan fingerprint density at radius 3 is 2.88 bits per heavy atom. The topological polar surface area (TPSA) is 76.9 Å². The number of sulfone groups is 1. The van der Waals surface area contributed by atoms with Gasteiger partial charge in [-0.25, -0.2) is 18.1 Å². The molecule has 0 aliphatic heterocycles. The lowest BCUT2D eigenvalue weighted by atomic mass is 10.4. The zero-order valence-electron chi connectivity index (χ0n) is 9.68. The van der Waals surface area contributed by atoms with Gasteiger partial charge in [-0.3, -0.25) is 0 Å². The SMILES string of the molecule is CCCNCc1ncnn1CCS(C)(=O)=O. The van der Waals surface area contributed by atoms with Crippen LogP contribution in [0.15, 0.2) is 6.33 Å². The van der Waals surface area contributed by atoms with Crippen LogP contribution in [0.3, 0.4) is 0 Å². The molecule has 1 rings (SSSR count). The van der Waals surface area contributed by atoms with Gasteiger partial charge in [0, 0.05) is 6.26 Å². The van der Waals surface area contributed by atoms with Gasteiger partial charge in [0.05, 0.1) is 18.8 Å². The molecule has 1 aromatic heterocycles. The van der Waals surface area contributed by atoms with Crippen molar-refractivity contribution < 1.29 is 8.42 Å². The van der Waals surface area contributed by atoms with E-state index in [4.69, 9.17) is 0 Å². The Bertz CT molecular complexity index is 413. The van der Waals surface area contributed by atoms with E-state index in [1.807, 2.05) is 0 Å². The first-order valence-corrected chi connectivity index (χ1v) is 7.34. The summed E-state index contributed by atoms with van der Waals surface area (Å²) in [7, 11) is -2.95. The van der Waals surface area contributed by atoms with E-state index in [1.165, 1.54) is 12.6 Å². The first kappa shape index (κ1) is 13.1. The summed E-state index contributed by atoms with van der Waals surface area (Å²) in [6.45, 7) is 3.99. The van der Waals surface area contributed by atoms with Gasteiger partial charge in [-0.05, 0) is 13.0 Å². The number of hydrogen-bond donors (Lipinski definition) is 1. The third kappa shape index (κ3) is 4.71. The third-order valence-corrected chi connectivity index (χ3v) is 3.00. The van der Waals surface area contributed by atoms with Crippen LogP contribution in [0.25, 0.3) is 0 Å². The van der Waals surface area contributed by atoms with Crippen molar-refractivity contribution in [2.24, 2.45) is 0 Å². The quantitative estimate of drug-likeness (QED) is 0.675. The van der Waals surface area contributed by atoms with Crippen molar-refractivity contribution in [3.8, 4) is 0 Å². The maximum Gasteiger partial charge on any atom is 0.149 e. The predicted octanol–water partition coefficient (Wildman–Crippen LogP) is -0.178. The molecule has 0 aliphatic carbocycles. The first-order valence-electron chi connectivity index (χ1n) is 5.28. The summed E-state index contributed by atoms with van der Waals surface area (Å²) < 4.78 is 23.7. The van der Waals surface area contributed by atoms with E-state index in [0.717, 1.165) is 18.8 Å². The molecule has 1 N–H and O–H groups in total. The fourth-order valence-electron chi connectivity index (χ4n) is 1.24. The standard InChI is InChI=1S/C9H18N4O2S/c1-3-4-10-7-9-11-8-12-13(9)5-6-16(2,14)15/h8,10H,3-7H2,1-2H3. The molecule has 6 nitrogen and oxygen atoms in total. The average molecular weight is 246 g/mol. The number of aryl methyl sites for hydroxylation is 1. The highest BCUT2D eigenvalue weighted by molar-refractivity contribution is 7.90. The molecule has 7 heteroatoms. The minimum Gasteiger partial charge on any atom is -0.310 e. The van der Waals surface area contributed by atoms with Crippen LogP contribution >= 0.6 is 0 Å². The number of hydrogen-bond acceptors (Lipinski definition) is 5. The van der Waals surface area contributed by atoms with Crippen LogP contribution in [0.4, 0.5) is 0 Å². The molecular formula is C9H18N4O2S. The van der Waals surface area contributed by atoms with Crippen LogP contribution in [0, 0.1) is 0 Å². The summed E-state index contributed by atoms with van der Waals surface area (Å²) in [5.41, 5.74) is 0. The van der Waals surface area contributed by atoms with E-state index in [2.05, 4.69) is 22.3 Å². The maximum absolute atomic E-state index is 11.0. The van der Waals surface area contributed by atoms with E-state index >= 15 is 0 Å². The molecule has 0 aliphatic rings. The first-order chi connectivity index (χ1) is 7.53. The summed E-state index contributed by atoms with van der Waals surface area (Å²) >= 11 is 0. The number of nitrogens with one attached hydrogen (secondary N) is 1. The van der Waals surface area contributed by atoms with Gasteiger partial charge >= 0.3 is 0 Å². The molecule has 16 heavy (non-hydrogen) atoms. The Morgan fingerprint density at radius 2 is 2.25 bits per heavy atom. The van der Waals surface area contributed by atoms with Gasteiger partial charge in [-0.1, -0.05) is 6.92 Å². The highest BCUT2D eigenvalue weighted by Gasteiger charge is 2.07. The summed E-state index contributed by atoms with van der Waals surface area (Å²) in [5.74, 6) is 0.869. The fraction of sp³-hybridized carbons (Fsp3) is 0.778. The highest BCUT2D eigenvalue weighted by Crippen LogP contribution is 1.95. The Kier molecular flexibility index (Phi) is 4.88. The van der Waals surface area contributed by atoms with Crippen molar-refractivity contribution >= 4 is 9.84 Å². The second-order valence-electron chi connectivity index (χ2n) is 3.71. The molecule has 0 bridgehead atoms. The Balaban J connectivity index is 2.50. The van der Waals surface area contributed by atoms with Crippen molar-refractivity contribution in [2.75, 3.05) is 18.6 Å². The monoisotopic (exact) mass is 246 g/mol. The third-order valence-electron chi connectivity index (χ3n) is 2.08. The summed E-state index contributed by atoms with van der Waals surface area (Å²) in [6.07, 6.45) is 3.72. The smallest absolute Gasteiger partial charge is 0.149 e. The van der Waals surface area contributed by atoms with Crippen molar-refractivity contribution in [1.82, 2.24) is 20.1 Å². The van der Waals surface area contributed by atoms with Gasteiger partial charge in [-0.15, -0.1) is 0 Å². The van der Waals surface area contributed by atoms with Crippen LogP contribution in [-0.2, 0) is 22.9 Å². The largest absolute Gasteiger partial charge is 0.310 e. The lowest BCUT2D eigenvalue weighted by molar-refractivity contribution is 0.557. The fourth-order valence-corrected chi connectivity index (χ4v) is 1.75. The number of aromatic nitrogens is 3. The van der Waals surface area contributed by atoms with Crippen molar-refractivity contribution in [2.45, 2.75) is 26.4 Å². The van der Waals surface area contributed by atoms with Gasteiger partial charge < -0.3 is 5.32 Å². The lowest BCUT2D eigenvalue weighted by Crippen LogP contribution is -2.20. The Hall–Kier alpha value is -0.950. The van der Waals surface area contributed by atoms with Crippen molar-refractivity contribution in [1.29, 1.82) is 0 Å². The molecule has 0 saturated heterocycles. The summed E-state index contributed by atoms with van der Waals surface area (Å²) in [5, 5.41) is 7.20. The molecule has 0 atom stereocenters. The molecular weight excluding hydrogens is 228 g/mol. The summed E-state index contributed by atoms with van der Waals surface area (Å²) in [6, 6.07) is 0. The van der Waals surface area contributed by atoms with Gasteiger partial charge in [0.1, 0.15) is 22.0 Å². The van der Waals surface area contributed by atoms with E-state index in [0.29, 0.717) is 13.1 Å². The molecule has 0 spiro atoms. The maximum atomic E-state index is 11.0. The van der Waals surface area contributed by atoms with Crippen LogP contribution in [0.1, 0.15) is 19.2 Å². The van der Waals surface area contributed by atoms with E-state index in [1.54, 1.807) is 4.68 Å². The molecule has 1 aromatic rings. The van der Waals surface area contributed by atoms with Gasteiger partial charge in [0.2, 0.25) is 0 Å². The zero-order chi connectivity index (χ0) is 12.0. The Morgan fingerprint density at radius 1 is 1.50 bits per heavy atom. The average Bonchev–Trinajstić information content (AvgIpc) is 2.62. The van der Waals surface area contributed by atoms with Crippen LogP contribution in [0.2, 0.25) is 0 Å². The molecule has 0 fully saturated rings. The molecule has 0 amide bonds. The zero-order valence-corrected chi connectivity index (χ0v) is 10.5. The number of nitrogens with zero attached hydrogens (tertiary/aromatic N) is 3. The molecule has 0 unspecified atom stereocenters. The predicted molar refractivity (Wildman–Crippen MR) is 61.7 cm³/mol. The minimum absolute atomic E-state index is 0.0944. The minimum atomic E-state index is -2.95. The lowest BCUT2D eigenvalue weighted by Gasteiger charge is -2.05. The van der Waals surface area contributed by atoms with Crippen LogP contribution in [-0.4, -0.2) is 41.7 Å². The molecule has 0 saturated carbocycles. The van der Waals surface area contributed by atoms with E-state index < -0.39 is 9.84 Å². The Labute approximate surface area is 96.0 Å². The van der Waals surface area contributed by atoms with Crippen LogP contribution < -0.4 is 5.32 Å². The summed E-state index contributed by atoms with van der Waals surface area (Å²) in [4.78, 5) is 4.08. The number of rotatable bonds is 7. The molecule has 0 aromatic carbocycles. The second-order valence-corrected chi connectivity index (χ2v) is 5.97. The van der Waals surface area contributed by atoms with Crippen LogP contribution in [0.5, 0.6) is 0 Å². The van der Waals surface area contributed by atoms with E-state index in [9.17, 15) is 8.42 Å². The second kappa shape index (κ2) is 5.95. The molecule has 1 heterocycles. The van der Waals surface area contributed by atoms with Crippen molar-refractivity contribution in [3.05, 3.63) is 12.2 Å². The highest BCUT2D eigenvalue weighted by atomic mass is 32.2. The van der Waals surface area contributed by atoms with Gasteiger partial charge in [-0.2, -0.15) is 5.10 Å². The van der Waals surface area contributed by atoms with Crippen molar-refractivity contribution in [3.63, 3.8) is 0 Å². The van der Waals surface area contributed by atoms with Gasteiger partial charge in [0.25, 0.3) is 0 Å². The molecule has 92 valence electrons. The normalized spacial score (nSPS) is 11.9. The van der Waals surface area contributed by atoms with E-state index in [-0.39, 0.29) is 5.75 Å². The van der Waals surface area contributed by atoms with Gasteiger partial charge in [0.15, 0.2) is 0 Å².